The summed E-state index contributed by atoms with van der Waals surface area (Å²) in [7, 11) is 0. The minimum atomic E-state index is -0.113. The molecule has 0 saturated carbocycles. The highest BCUT2D eigenvalue weighted by molar-refractivity contribution is 6.34. The van der Waals surface area contributed by atoms with E-state index in [2.05, 4.69) is 0 Å². The lowest BCUT2D eigenvalue weighted by atomic mass is 10.2. The van der Waals surface area contributed by atoms with Crippen LogP contribution in [-0.2, 0) is 0 Å². The summed E-state index contributed by atoms with van der Waals surface area (Å²) in [6.07, 6.45) is 0.868. The minimum absolute atomic E-state index is 0.000772. The van der Waals surface area contributed by atoms with Gasteiger partial charge in [-0.1, -0.05) is 6.92 Å². The molecular weight excluding hydrogens is 178 g/mol. The highest BCUT2D eigenvalue weighted by atomic mass is 35.5. The molecule has 0 aliphatic carbocycles. The van der Waals surface area contributed by atoms with E-state index >= 15 is 0 Å². The lowest BCUT2D eigenvalue weighted by Gasteiger charge is -2.15. The number of rotatable bonds is 3. The second-order valence-corrected chi connectivity index (χ2v) is 3.80. The SMILES string of the molecule is CCC(Cl)C(Cl)C(C)Cl. The molecule has 0 spiro atoms. The van der Waals surface area contributed by atoms with Gasteiger partial charge in [-0.15, -0.1) is 34.8 Å². The minimum Gasteiger partial charge on any atom is -0.122 e. The van der Waals surface area contributed by atoms with E-state index in [1.165, 1.54) is 0 Å². The van der Waals surface area contributed by atoms with E-state index in [1.807, 2.05) is 13.8 Å². The smallest absolute Gasteiger partial charge is 0.0660 e. The maximum absolute atomic E-state index is 5.80. The molecule has 0 nitrogen and oxygen atoms in total. The summed E-state index contributed by atoms with van der Waals surface area (Å²) in [5.41, 5.74) is 0. The second-order valence-electron chi connectivity index (χ2n) is 2.05. The van der Waals surface area contributed by atoms with Crippen molar-refractivity contribution >= 4 is 34.8 Å². The predicted octanol–water partition coefficient (Wildman–Crippen LogP) is 3.24. The Bertz CT molecular complexity index is 72.7. The number of halogens is 3. The van der Waals surface area contributed by atoms with E-state index < -0.39 is 0 Å². The molecule has 0 aromatic heterocycles. The van der Waals surface area contributed by atoms with Gasteiger partial charge in [0.25, 0.3) is 0 Å². The van der Waals surface area contributed by atoms with Gasteiger partial charge < -0.3 is 0 Å². The third-order valence-electron chi connectivity index (χ3n) is 1.17. The van der Waals surface area contributed by atoms with Crippen LogP contribution in [0.3, 0.4) is 0 Å². The fourth-order valence-electron chi connectivity index (χ4n) is 0.513. The van der Waals surface area contributed by atoms with Crippen molar-refractivity contribution < 1.29 is 0 Å². The largest absolute Gasteiger partial charge is 0.122 e. The third-order valence-corrected chi connectivity index (χ3v) is 2.97. The first-order chi connectivity index (χ1) is 4.09. The Hall–Kier alpha value is 0.870. The molecule has 0 bridgehead atoms. The summed E-state index contributed by atoms with van der Waals surface area (Å²) in [5, 5.41) is -0.161. The van der Waals surface area contributed by atoms with Gasteiger partial charge in [-0.25, -0.2) is 0 Å². The number of alkyl halides is 3. The zero-order chi connectivity index (χ0) is 7.44. The highest BCUT2D eigenvalue weighted by Gasteiger charge is 2.19. The molecule has 0 radical (unpaired) electrons. The molecule has 9 heavy (non-hydrogen) atoms. The predicted molar refractivity (Wildman–Crippen MR) is 44.9 cm³/mol. The molecule has 0 aliphatic heterocycles. The Morgan fingerprint density at radius 1 is 1.22 bits per heavy atom. The fraction of sp³-hybridized carbons (Fsp3) is 1.00. The Morgan fingerprint density at radius 3 is 1.78 bits per heavy atom. The maximum Gasteiger partial charge on any atom is 0.0660 e. The summed E-state index contributed by atoms with van der Waals surface area (Å²) in [6, 6.07) is 0. The molecule has 3 unspecified atom stereocenters. The van der Waals surface area contributed by atoms with E-state index in [0.717, 1.165) is 6.42 Å². The van der Waals surface area contributed by atoms with Gasteiger partial charge in [0.1, 0.15) is 0 Å². The molecule has 0 N–H and O–H groups in total. The van der Waals surface area contributed by atoms with Crippen LogP contribution in [0.25, 0.3) is 0 Å². The Morgan fingerprint density at radius 2 is 1.67 bits per heavy atom. The molecule has 56 valence electrons. The summed E-state index contributed by atoms with van der Waals surface area (Å²) in [5.74, 6) is 0. The van der Waals surface area contributed by atoms with Gasteiger partial charge in [-0.05, 0) is 13.3 Å². The lowest BCUT2D eigenvalue weighted by molar-refractivity contribution is 0.726. The van der Waals surface area contributed by atoms with Crippen LogP contribution in [-0.4, -0.2) is 16.1 Å². The molecule has 0 aliphatic rings. The van der Waals surface area contributed by atoms with Crippen molar-refractivity contribution in [2.45, 2.75) is 36.4 Å². The average Bonchev–Trinajstić information content (AvgIpc) is 1.84. The molecule has 0 aromatic rings. The number of hydrogen-bond acceptors (Lipinski definition) is 0. The third kappa shape index (κ3) is 3.54. The zero-order valence-electron chi connectivity index (χ0n) is 5.57. The van der Waals surface area contributed by atoms with Crippen LogP contribution in [0.15, 0.2) is 0 Å². The van der Waals surface area contributed by atoms with Gasteiger partial charge in [0.2, 0.25) is 0 Å². The lowest BCUT2D eigenvalue weighted by Crippen LogP contribution is -2.22. The Balaban J connectivity index is 3.58. The summed E-state index contributed by atoms with van der Waals surface area (Å²) >= 11 is 17.3. The van der Waals surface area contributed by atoms with E-state index in [9.17, 15) is 0 Å². The van der Waals surface area contributed by atoms with E-state index in [4.69, 9.17) is 34.8 Å². The van der Waals surface area contributed by atoms with Crippen LogP contribution < -0.4 is 0 Å². The summed E-state index contributed by atoms with van der Waals surface area (Å²) < 4.78 is 0. The van der Waals surface area contributed by atoms with E-state index in [1.54, 1.807) is 0 Å². The van der Waals surface area contributed by atoms with Crippen LogP contribution in [0, 0.1) is 0 Å². The fourth-order valence-corrected chi connectivity index (χ4v) is 1.16. The standard InChI is InChI=1S/C6H11Cl3/c1-3-5(8)6(9)4(2)7/h4-6H,3H2,1-2H3. The van der Waals surface area contributed by atoms with Gasteiger partial charge in [-0.2, -0.15) is 0 Å². The van der Waals surface area contributed by atoms with E-state index in [-0.39, 0.29) is 16.1 Å². The van der Waals surface area contributed by atoms with Crippen LogP contribution in [0.1, 0.15) is 20.3 Å². The van der Waals surface area contributed by atoms with Crippen LogP contribution in [0.2, 0.25) is 0 Å². The molecule has 0 aromatic carbocycles. The van der Waals surface area contributed by atoms with Crippen molar-refractivity contribution in [3.8, 4) is 0 Å². The molecule has 3 heteroatoms. The Labute approximate surface area is 71.5 Å². The summed E-state index contributed by atoms with van der Waals surface area (Å²) in [6.45, 7) is 3.84. The molecule has 0 heterocycles. The van der Waals surface area contributed by atoms with Gasteiger partial charge in [-0.3, -0.25) is 0 Å². The molecule has 0 amide bonds. The normalized spacial score (nSPS) is 21.0. The molecule has 0 saturated heterocycles. The second kappa shape index (κ2) is 4.65. The van der Waals surface area contributed by atoms with Crippen molar-refractivity contribution in [1.29, 1.82) is 0 Å². The highest BCUT2D eigenvalue weighted by Crippen LogP contribution is 2.19. The monoisotopic (exact) mass is 188 g/mol. The summed E-state index contributed by atoms with van der Waals surface area (Å²) in [4.78, 5) is 0. The van der Waals surface area contributed by atoms with Crippen molar-refractivity contribution in [3.05, 3.63) is 0 Å². The topological polar surface area (TPSA) is 0 Å². The van der Waals surface area contributed by atoms with Gasteiger partial charge in [0.15, 0.2) is 0 Å². The van der Waals surface area contributed by atoms with Gasteiger partial charge in [0.05, 0.1) is 10.8 Å². The number of hydrogen-bond donors (Lipinski definition) is 0. The van der Waals surface area contributed by atoms with Crippen LogP contribution >= 0.6 is 34.8 Å². The van der Waals surface area contributed by atoms with Crippen molar-refractivity contribution in [3.63, 3.8) is 0 Å². The average molecular weight is 190 g/mol. The van der Waals surface area contributed by atoms with Crippen LogP contribution in [0.4, 0.5) is 0 Å². The maximum atomic E-state index is 5.80. The Kier molecular flexibility index (Phi) is 5.10. The first-order valence-corrected chi connectivity index (χ1v) is 4.32. The van der Waals surface area contributed by atoms with Gasteiger partial charge in [0, 0.05) is 5.38 Å². The van der Waals surface area contributed by atoms with Gasteiger partial charge >= 0.3 is 0 Å². The first-order valence-electron chi connectivity index (χ1n) is 3.01. The first kappa shape index (κ1) is 9.87. The molecule has 3 atom stereocenters. The van der Waals surface area contributed by atoms with Crippen LogP contribution in [0.5, 0.6) is 0 Å². The van der Waals surface area contributed by atoms with Crippen molar-refractivity contribution in [1.82, 2.24) is 0 Å². The van der Waals surface area contributed by atoms with Crippen molar-refractivity contribution in [2.75, 3.05) is 0 Å². The molecule has 0 fully saturated rings. The molecular formula is C6H11Cl3. The quantitative estimate of drug-likeness (QED) is 0.598. The van der Waals surface area contributed by atoms with Crippen molar-refractivity contribution in [2.24, 2.45) is 0 Å². The van der Waals surface area contributed by atoms with E-state index in [0.29, 0.717) is 0 Å². The molecule has 0 rings (SSSR count). The zero-order valence-corrected chi connectivity index (χ0v) is 7.84.